The van der Waals surface area contributed by atoms with E-state index in [4.69, 9.17) is 5.73 Å². The number of anilines is 1. The van der Waals surface area contributed by atoms with Crippen molar-refractivity contribution in [3.63, 3.8) is 0 Å². The van der Waals surface area contributed by atoms with Gasteiger partial charge in [0.2, 0.25) is 0 Å². The van der Waals surface area contributed by atoms with Gasteiger partial charge in [0.1, 0.15) is 0 Å². The summed E-state index contributed by atoms with van der Waals surface area (Å²) in [5.41, 5.74) is 7.48. The summed E-state index contributed by atoms with van der Waals surface area (Å²) in [6, 6.07) is 1.90. The smallest absolute Gasteiger partial charge is 0.304 e. The second-order valence-corrected chi connectivity index (χ2v) is 4.92. The first kappa shape index (κ1) is 10.4. The summed E-state index contributed by atoms with van der Waals surface area (Å²) in [4.78, 5) is 14.7. The van der Waals surface area contributed by atoms with Crippen LogP contribution in [0, 0.1) is 0 Å². The monoisotopic (exact) mass is 241 g/mol. The largest absolute Gasteiger partial charge is 0.398 e. The second-order valence-electron chi connectivity index (χ2n) is 3.08. The van der Waals surface area contributed by atoms with Crippen LogP contribution >= 0.6 is 22.7 Å². The molecular weight excluding hydrogens is 230 g/mol. The number of nitrogen functional groups attached to an aromatic ring is 1. The van der Waals surface area contributed by atoms with E-state index in [1.807, 2.05) is 16.8 Å². The fourth-order valence-corrected chi connectivity index (χ4v) is 2.56. The number of rotatable bonds is 4. The molecule has 2 aromatic rings. The molecule has 0 aliphatic rings. The Morgan fingerprint density at radius 3 is 2.87 bits per heavy atom. The van der Waals surface area contributed by atoms with Gasteiger partial charge in [-0.25, -0.2) is 0 Å². The van der Waals surface area contributed by atoms with Crippen molar-refractivity contribution < 1.29 is 0 Å². The zero-order chi connectivity index (χ0) is 10.7. The van der Waals surface area contributed by atoms with Crippen molar-refractivity contribution in [2.24, 2.45) is 0 Å². The van der Waals surface area contributed by atoms with Crippen molar-refractivity contribution >= 4 is 28.4 Å². The lowest BCUT2D eigenvalue weighted by atomic mass is 10.4. The van der Waals surface area contributed by atoms with Gasteiger partial charge in [-0.05, 0) is 11.4 Å². The van der Waals surface area contributed by atoms with Crippen molar-refractivity contribution in [2.75, 3.05) is 5.73 Å². The molecule has 0 atom stereocenters. The first-order valence-corrected chi connectivity index (χ1v) is 6.21. The molecule has 15 heavy (non-hydrogen) atoms. The summed E-state index contributed by atoms with van der Waals surface area (Å²) in [5, 5.41) is 7.02. The van der Waals surface area contributed by atoms with Gasteiger partial charge in [0.15, 0.2) is 0 Å². The number of hydrogen-bond donors (Lipinski definition) is 3. The molecule has 0 saturated heterocycles. The van der Waals surface area contributed by atoms with Gasteiger partial charge < -0.3 is 16.0 Å². The SMILES string of the molecule is Nc1ccsc1CNCc1csc(=O)[nH]1. The highest BCUT2D eigenvalue weighted by Gasteiger charge is 2.00. The van der Waals surface area contributed by atoms with Crippen LogP contribution in [0.5, 0.6) is 0 Å². The van der Waals surface area contributed by atoms with E-state index in [2.05, 4.69) is 10.3 Å². The zero-order valence-electron chi connectivity index (χ0n) is 7.95. The van der Waals surface area contributed by atoms with E-state index in [9.17, 15) is 4.79 Å². The quantitative estimate of drug-likeness (QED) is 0.757. The zero-order valence-corrected chi connectivity index (χ0v) is 9.58. The highest BCUT2D eigenvalue weighted by Crippen LogP contribution is 2.18. The molecule has 0 aliphatic heterocycles. The Labute approximate surface area is 94.8 Å². The van der Waals surface area contributed by atoms with E-state index in [0.29, 0.717) is 6.54 Å². The van der Waals surface area contributed by atoms with Gasteiger partial charge >= 0.3 is 4.87 Å². The molecule has 80 valence electrons. The molecule has 0 aliphatic carbocycles. The number of nitrogens with one attached hydrogen (secondary N) is 2. The molecule has 0 bridgehead atoms. The Balaban J connectivity index is 1.85. The normalized spacial score (nSPS) is 10.7. The summed E-state index contributed by atoms with van der Waals surface area (Å²) in [6.45, 7) is 1.40. The molecule has 0 aromatic carbocycles. The van der Waals surface area contributed by atoms with Gasteiger partial charge in [0, 0.05) is 34.7 Å². The lowest BCUT2D eigenvalue weighted by Crippen LogP contribution is -2.13. The highest BCUT2D eigenvalue weighted by atomic mass is 32.1. The summed E-state index contributed by atoms with van der Waals surface area (Å²) in [7, 11) is 0. The van der Waals surface area contributed by atoms with Crippen LogP contribution in [0.3, 0.4) is 0 Å². The Kier molecular flexibility index (Phi) is 3.20. The van der Waals surface area contributed by atoms with Crippen molar-refractivity contribution in [1.82, 2.24) is 10.3 Å². The fraction of sp³-hybridized carbons (Fsp3) is 0.222. The van der Waals surface area contributed by atoms with Gasteiger partial charge in [-0.2, -0.15) is 0 Å². The van der Waals surface area contributed by atoms with Crippen LogP contribution in [0.4, 0.5) is 5.69 Å². The first-order chi connectivity index (χ1) is 7.25. The molecule has 0 fully saturated rings. The molecule has 4 N–H and O–H groups in total. The third-order valence-electron chi connectivity index (χ3n) is 1.95. The van der Waals surface area contributed by atoms with Crippen LogP contribution in [0.25, 0.3) is 0 Å². The molecule has 2 heterocycles. The third-order valence-corrected chi connectivity index (χ3v) is 3.61. The average molecular weight is 241 g/mol. The topological polar surface area (TPSA) is 70.9 Å². The number of hydrogen-bond acceptors (Lipinski definition) is 5. The van der Waals surface area contributed by atoms with Crippen LogP contribution in [-0.2, 0) is 13.1 Å². The predicted molar refractivity (Wildman–Crippen MR) is 64.2 cm³/mol. The van der Waals surface area contributed by atoms with E-state index < -0.39 is 0 Å². The molecule has 0 unspecified atom stereocenters. The Bertz CT molecular complexity index is 485. The van der Waals surface area contributed by atoms with Crippen LogP contribution in [-0.4, -0.2) is 4.98 Å². The standard InChI is InChI=1S/C9H11N3OS2/c10-7-1-2-14-8(7)4-11-3-6-5-15-9(13)12-6/h1-2,5,11H,3-4,10H2,(H,12,13). The Morgan fingerprint density at radius 1 is 1.40 bits per heavy atom. The lowest BCUT2D eigenvalue weighted by Gasteiger charge is -2.01. The van der Waals surface area contributed by atoms with Crippen LogP contribution in [0.2, 0.25) is 0 Å². The maximum Gasteiger partial charge on any atom is 0.304 e. The van der Waals surface area contributed by atoms with Gasteiger partial charge in [-0.1, -0.05) is 11.3 Å². The minimum atomic E-state index is -0.0116. The molecule has 0 saturated carbocycles. The number of nitrogens with two attached hydrogens (primary N) is 1. The van der Waals surface area contributed by atoms with E-state index in [1.165, 1.54) is 11.3 Å². The lowest BCUT2D eigenvalue weighted by molar-refractivity contribution is 0.689. The number of thiophene rings is 1. The van der Waals surface area contributed by atoms with E-state index in [1.54, 1.807) is 11.3 Å². The molecule has 0 amide bonds. The third kappa shape index (κ3) is 2.68. The van der Waals surface area contributed by atoms with E-state index in [0.717, 1.165) is 22.8 Å². The van der Waals surface area contributed by atoms with Crippen molar-refractivity contribution in [3.8, 4) is 0 Å². The van der Waals surface area contributed by atoms with Gasteiger partial charge in [-0.3, -0.25) is 4.79 Å². The molecule has 6 heteroatoms. The van der Waals surface area contributed by atoms with Gasteiger partial charge in [0.05, 0.1) is 0 Å². The van der Waals surface area contributed by atoms with Crippen molar-refractivity contribution in [1.29, 1.82) is 0 Å². The highest BCUT2D eigenvalue weighted by molar-refractivity contribution is 7.10. The molecule has 0 spiro atoms. The molecular formula is C9H11N3OS2. The second kappa shape index (κ2) is 4.61. The molecule has 2 aromatic heterocycles. The number of aromatic nitrogens is 1. The van der Waals surface area contributed by atoms with Gasteiger partial charge in [0.25, 0.3) is 0 Å². The summed E-state index contributed by atoms with van der Waals surface area (Å²) >= 11 is 2.82. The molecule has 0 radical (unpaired) electrons. The summed E-state index contributed by atoms with van der Waals surface area (Å²) in [6.07, 6.45) is 0. The van der Waals surface area contributed by atoms with Gasteiger partial charge in [-0.15, -0.1) is 11.3 Å². The summed E-state index contributed by atoms with van der Waals surface area (Å²) in [5.74, 6) is 0. The molecule has 4 nitrogen and oxygen atoms in total. The summed E-state index contributed by atoms with van der Waals surface area (Å²) < 4.78 is 0. The predicted octanol–water partition coefficient (Wildman–Crippen LogP) is 1.37. The minimum Gasteiger partial charge on any atom is -0.398 e. The first-order valence-electron chi connectivity index (χ1n) is 4.45. The van der Waals surface area contributed by atoms with Crippen LogP contribution in [0.1, 0.15) is 10.6 Å². The Morgan fingerprint density at radius 2 is 2.27 bits per heavy atom. The van der Waals surface area contributed by atoms with Crippen molar-refractivity contribution in [2.45, 2.75) is 13.1 Å². The molecule has 2 rings (SSSR count). The number of thiazole rings is 1. The average Bonchev–Trinajstić information content (AvgIpc) is 2.77. The number of H-pyrrole nitrogens is 1. The maximum atomic E-state index is 10.9. The van der Waals surface area contributed by atoms with Crippen LogP contribution < -0.4 is 15.9 Å². The van der Waals surface area contributed by atoms with Crippen molar-refractivity contribution in [3.05, 3.63) is 37.1 Å². The fourth-order valence-electron chi connectivity index (χ4n) is 1.21. The van der Waals surface area contributed by atoms with Crippen LogP contribution in [0.15, 0.2) is 21.6 Å². The Hall–Kier alpha value is -1.11. The maximum absolute atomic E-state index is 10.9. The van der Waals surface area contributed by atoms with E-state index >= 15 is 0 Å². The van der Waals surface area contributed by atoms with E-state index in [-0.39, 0.29) is 4.87 Å². The minimum absolute atomic E-state index is 0.0116. The number of aromatic amines is 1.